The van der Waals surface area contributed by atoms with Gasteiger partial charge in [0.25, 0.3) is 5.69 Å². The highest BCUT2D eigenvalue weighted by atomic mass is 35.5. The van der Waals surface area contributed by atoms with E-state index in [0.29, 0.717) is 5.69 Å². The Morgan fingerprint density at radius 2 is 2.29 bits per heavy atom. The Hall–Kier alpha value is -1.99. The van der Waals surface area contributed by atoms with Crippen LogP contribution in [0.2, 0.25) is 5.02 Å². The van der Waals surface area contributed by atoms with Crippen LogP contribution in [0.4, 0.5) is 5.69 Å². The number of rotatable bonds is 3. The van der Waals surface area contributed by atoms with Gasteiger partial charge in [-0.1, -0.05) is 16.8 Å². The van der Waals surface area contributed by atoms with Gasteiger partial charge in [0.15, 0.2) is 0 Å². The average Bonchev–Trinajstić information content (AvgIpc) is 2.77. The maximum absolute atomic E-state index is 10.9. The van der Waals surface area contributed by atoms with Gasteiger partial charge < -0.3 is 5.11 Å². The predicted molar refractivity (Wildman–Crippen MR) is 58.9 cm³/mol. The molecule has 0 saturated carbocycles. The molecule has 2 aromatic rings. The highest BCUT2D eigenvalue weighted by Crippen LogP contribution is 2.25. The van der Waals surface area contributed by atoms with Gasteiger partial charge in [0.1, 0.15) is 11.4 Å². The summed E-state index contributed by atoms with van der Waals surface area (Å²) < 4.78 is 1.22. The van der Waals surface area contributed by atoms with E-state index in [-0.39, 0.29) is 23.0 Å². The van der Waals surface area contributed by atoms with Crippen LogP contribution in [0, 0.1) is 10.1 Å². The van der Waals surface area contributed by atoms with Gasteiger partial charge in [0, 0.05) is 11.1 Å². The van der Waals surface area contributed by atoms with Gasteiger partial charge in [-0.05, 0) is 12.1 Å². The molecule has 7 nitrogen and oxygen atoms in total. The number of halogens is 1. The van der Waals surface area contributed by atoms with Crippen LogP contribution < -0.4 is 0 Å². The molecule has 8 heteroatoms. The van der Waals surface area contributed by atoms with Crippen molar-refractivity contribution < 1.29 is 10.0 Å². The zero-order valence-corrected chi connectivity index (χ0v) is 9.20. The first-order chi connectivity index (χ1) is 8.11. The number of aliphatic hydroxyl groups is 1. The Balaban J connectivity index is 2.54. The molecule has 1 N–H and O–H groups in total. The Bertz CT molecular complexity index is 569. The molecule has 0 amide bonds. The second kappa shape index (κ2) is 4.48. The van der Waals surface area contributed by atoms with Crippen molar-refractivity contribution in [3.63, 3.8) is 0 Å². The van der Waals surface area contributed by atoms with Crippen molar-refractivity contribution in [2.45, 2.75) is 6.61 Å². The number of nitrogens with zero attached hydrogens (tertiary/aromatic N) is 4. The lowest BCUT2D eigenvalue weighted by Gasteiger charge is -2.01. The normalized spacial score (nSPS) is 10.5. The van der Waals surface area contributed by atoms with E-state index in [0.717, 1.165) is 0 Å². The number of nitro groups is 1. The average molecular weight is 255 g/mol. The van der Waals surface area contributed by atoms with Crippen LogP contribution in [-0.4, -0.2) is 25.0 Å². The van der Waals surface area contributed by atoms with Crippen LogP contribution in [0.5, 0.6) is 0 Å². The van der Waals surface area contributed by atoms with Crippen LogP contribution in [0.15, 0.2) is 24.4 Å². The van der Waals surface area contributed by atoms with E-state index in [1.54, 1.807) is 0 Å². The minimum absolute atomic E-state index is 0.174. The van der Waals surface area contributed by atoms with Crippen molar-refractivity contribution in [1.82, 2.24) is 15.0 Å². The summed E-state index contributed by atoms with van der Waals surface area (Å²) in [6.07, 6.45) is 1.41. The number of aromatic nitrogens is 3. The fourth-order valence-electron chi connectivity index (χ4n) is 1.33. The molecule has 1 aromatic carbocycles. The van der Waals surface area contributed by atoms with Crippen molar-refractivity contribution >= 4 is 17.3 Å². The third-order valence-corrected chi connectivity index (χ3v) is 2.32. The van der Waals surface area contributed by atoms with Gasteiger partial charge in [-0.15, -0.1) is 5.10 Å². The SMILES string of the molecule is O=[N+]([O-])c1cc(Cl)ccc1-n1cc(CO)nn1. The molecule has 0 aliphatic heterocycles. The van der Waals surface area contributed by atoms with Crippen molar-refractivity contribution in [3.05, 3.63) is 45.2 Å². The third kappa shape index (κ3) is 2.24. The fraction of sp³-hybridized carbons (Fsp3) is 0.111. The molecular weight excluding hydrogens is 248 g/mol. The quantitative estimate of drug-likeness (QED) is 0.658. The zero-order valence-electron chi connectivity index (χ0n) is 8.45. The zero-order chi connectivity index (χ0) is 12.4. The maximum Gasteiger partial charge on any atom is 0.296 e. The Labute approximate surface area is 100 Å². The van der Waals surface area contributed by atoms with E-state index in [9.17, 15) is 10.1 Å². The minimum atomic E-state index is -0.554. The van der Waals surface area contributed by atoms with E-state index < -0.39 is 4.92 Å². The van der Waals surface area contributed by atoms with Crippen molar-refractivity contribution in [2.75, 3.05) is 0 Å². The summed E-state index contributed by atoms with van der Waals surface area (Å²) in [6, 6.07) is 4.22. The van der Waals surface area contributed by atoms with Gasteiger partial charge in [0.05, 0.1) is 17.7 Å². The number of benzene rings is 1. The molecule has 0 aliphatic carbocycles. The number of nitro benzene ring substituents is 1. The molecule has 2 rings (SSSR count). The first-order valence-electron chi connectivity index (χ1n) is 4.58. The summed E-state index contributed by atoms with van der Waals surface area (Å²) >= 11 is 5.69. The summed E-state index contributed by atoms with van der Waals surface area (Å²) in [6.45, 7) is -0.276. The first kappa shape index (κ1) is 11.5. The van der Waals surface area contributed by atoms with Crippen LogP contribution in [0.25, 0.3) is 5.69 Å². The van der Waals surface area contributed by atoms with Crippen LogP contribution in [0.1, 0.15) is 5.69 Å². The van der Waals surface area contributed by atoms with E-state index in [1.165, 1.54) is 29.1 Å². The largest absolute Gasteiger partial charge is 0.390 e. The molecular formula is C9H7ClN4O3. The van der Waals surface area contributed by atoms with Gasteiger partial charge in [-0.3, -0.25) is 10.1 Å². The Kier molecular flexibility index (Phi) is 3.03. The number of aliphatic hydroxyl groups excluding tert-OH is 1. The monoisotopic (exact) mass is 254 g/mol. The van der Waals surface area contributed by atoms with Gasteiger partial charge >= 0.3 is 0 Å². The fourth-order valence-corrected chi connectivity index (χ4v) is 1.49. The van der Waals surface area contributed by atoms with Crippen LogP contribution in [-0.2, 0) is 6.61 Å². The molecule has 88 valence electrons. The highest BCUT2D eigenvalue weighted by Gasteiger charge is 2.17. The Morgan fingerprint density at radius 1 is 1.53 bits per heavy atom. The maximum atomic E-state index is 10.9. The lowest BCUT2D eigenvalue weighted by Crippen LogP contribution is -2.00. The van der Waals surface area contributed by atoms with E-state index in [1.807, 2.05) is 0 Å². The molecule has 1 aromatic heterocycles. The molecule has 1 heterocycles. The van der Waals surface area contributed by atoms with Gasteiger partial charge in [0.2, 0.25) is 0 Å². The molecule has 0 aliphatic rings. The summed E-state index contributed by atoms with van der Waals surface area (Å²) in [7, 11) is 0. The molecule has 0 atom stereocenters. The first-order valence-corrected chi connectivity index (χ1v) is 4.96. The Morgan fingerprint density at radius 3 is 2.88 bits per heavy atom. The van der Waals surface area contributed by atoms with E-state index >= 15 is 0 Å². The summed E-state index contributed by atoms with van der Waals surface area (Å²) in [5.74, 6) is 0. The molecule has 0 radical (unpaired) electrons. The standard InChI is InChI=1S/C9H7ClN4O3/c10-6-1-2-8(9(3-6)14(16)17)13-4-7(5-15)11-12-13/h1-4,15H,5H2. The number of hydrogen-bond donors (Lipinski definition) is 1. The van der Waals surface area contributed by atoms with Crippen molar-refractivity contribution in [2.24, 2.45) is 0 Å². The summed E-state index contributed by atoms with van der Waals surface area (Å²) in [5.41, 5.74) is 0.396. The van der Waals surface area contributed by atoms with E-state index in [2.05, 4.69) is 10.3 Å². The summed E-state index contributed by atoms with van der Waals surface area (Å²) in [4.78, 5) is 10.3. The second-order valence-electron chi connectivity index (χ2n) is 3.20. The highest BCUT2D eigenvalue weighted by molar-refractivity contribution is 6.30. The predicted octanol–water partition coefficient (Wildman–Crippen LogP) is 1.32. The smallest absolute Gasteiger partial charge is 0.296 e. The lowest BCUT2D eigenvalue weighted by atomic mass is 10.2. The molecule has 0 unspecified atom stereocenters. The third-order valence-electron chi connectivity index (χ3n) is 2.08. The molecule has 0 fully saturated rings. The molecule has 0 bridgehead atoms. The lowest BCUT2D eigenvalue weighted by molar-refractivity contribution is -0.384. The second-order valence-corrected chi connectivity index (χ2v) is 3.64. The minimum Gasteiger partial charge on any atom is -0.390 e. The van der Waals surface area contributed by atoms with Crippen LogP contribution >= 0.6 is 11.6 Å². The molecule has 0 saturated heterocycles. The van der Waals surface area contributed by atoms with Crippen molar-refractivity contribution in [1.29, 1.82) is 0 Å². The van der Waals surface area contributed by atoms with Crippen LogP contribution in [0.3, 0.4) is 0 Å². The molecule has 0 spiro atoms. The van der Waals surface area contributed by atoms with E-state index in [4.69, 9.17) is 16.7 Å². The van der Waals surface area contributed by atoms with Gasteiger partial charge in [-0.25, -0.2) is 4.68 Å². The molecule has 17 heavy (non-hydrogen) atoms. The van der Waals surface area contributed by atoms with Crippen molar-refractivity contribution in [3.8, 4) is 5.69 Å². The van der Waals surface area contributed by atoms with Gasteiger partial charge in [-0.2, -0.15) is 0 Å². The summed E-state index contributed by atoms with van der Waals surface area (Å²) in [5, 5.41) is 27.3. The number of hydrogen-bond acceptors (Lipinski definition) is 5. The topological polar surface area (TPSA) is 94.1 Å².